The van der Waals surface area contributed by atoms with Gasteiger partial charge in [-0.15, -0.1) is 0 Å². The Morgan fingerprint density at radius 1 is 1.15 bits per heavy atom. The molecule has 1 aliphatic heterocycles. The zero-order valence-electron chi connectivity index (χ0n) is 13.9. The molecule has 6 nitrogen and oxygen atoms in total. The molecule has 7 heteroatoms. The molecule has 2 aromatic carbocycles. The zero-order valence-corrected chi connectivity index (χ0v) is 14.7. The Hall–Kier alpha value is -2.99. The largest absolute Gasteiger partial charge is 0.454 e. The van der Waals surface area contributed by atoms with Crippen molar-refractivity contribution in [2.75, 3.05) is 12.1 Å². The first kappa shape index (κ1) is 17.8. The summed E-state index contributed by atoms with van der Waals surface area (Å²) < 4.78 is 15.6. The lowest BCUT2D eigenvalue weighted by molar-refractivity contribution is -0.148. The van der Waals surface area contributed by atoms with Crippen molar-refractivity contribution in [1.29, 1.82) is 0 Å². The summed E-state index contributed by atoms with van der Waals surface area (Å²) in [4.78, 5) is 24.0. The van der Waals surface area contributed by atoms with Crippen LogP contribution >= 0.6 is 11.6 Å². The summed E-state index contributed by atoms with van der Waals surface area (Å²) >= 11 is 5.79. The van der Waals surface area contributed by atoms with Crippen molar-refractivity contribution in [3.8, 4) is 11.5 Å². The highest BCUT2D eigenvalue weighted by molar-refractivity contribution is 6.30. The lowest BCUT2D eigenvalue weighted by Crippen LogP contribution is -2.29. The van der Waals surface area contributed by atoms with Gasteiger partial charge >= 0.3 is 5.97 Å². The molecule has 0 aliphatic carbocycles. The number of anilines is 1. The van der Waals surface area contributed by atoms with Gasteiger partial charge in [0.15, 0.2) is 17.6 Å². The van der Waals surface area contributed by atoms with Crippen LogP contribution in [0, 0.1) is 0 Å². The zero-order chi connectivity index (χ0) is 18.5. The maximum atomic E-state index is 12.1. The Morgan fingerprint density at radius 2 is 1.88 bits per heavy atom. The van der Waals surface area contributed by atoms with Gasteiger partial charge in [0.2, 0.25) is 6.79 Å². The molecule has 3 rings (SSSR count). The van der Waals surface area contributed by atoms with Gasteiger partial charge in [0.05, 0.1) is 0 Å². The van der Waals surface area contributed by atoms with Crippen LogP contribution in [0.25, 0.3) is 6.08 Å². The van der Waals surface area contributed by atoms with Gasteiger partial charge in [-0.05, 0) is 55.0 Å². The molecule has 1 unspecified atom stereocenters. The van der Waals surface area contributed by atoms with E-state index < -0.39 is 18.0 Å². The van der Waals surface area contributed by atoms with Crippen molar-refractivity contribution >= 4 is 35.2 Å². The highest BCUT2D eigenvalue weighted by Crippen LogP contribution is 2.32. The van der Waals surface area contributed by atoms with E-state index in [2.05, 4.69) is 5.32 Å². The number of rotatable bonds is 5. The highest BCUT2D eigenvalue weighted by atomic mass is 35.5. The number of halogens is 1. The third-order valence-corrected chi connectivity index (χ3v) is 3.83. The van der Waals surface area contributed by atoms with Crippen molar-refractivity contribution in [3.63, 3.8) is 0 Å². The molecule has 2 aromatic rings. The van der Waals surface area contributed by atoms with E-state index in [9.17, 15) is 9.59 Å². The molecular weight excluding hydrogens is 358 g/mol. The number of hydrogen-bond donors (Lipinski definition) is 1. The van der Waals surface area contributed by atoms with Gasteiger partial charge in [0.25, 0.3) is 5.91 Å². The smallest absolute Gasteiger partial charge is 0.331 e. The van der Waals surface area contributed by atoms with Gasteiger partial charge in [-0.2, -0.15) is 0 Å². The predicted molar refractivity (Wildman–Crippen MR) is 97.2 cm³/mol. The van der Waals surface area contributed by atoms with Crippen LogP contribution in [0.15, 0.2) is 48.5 Å². The molecule has 1 aliphatic rings. The van der Waals surface area contributed by atoms with Crippen LogP contribution in [0.4, 0.5) is 5.69 Å². The second kappa shape index (κ2) is 7.93. The van der Waals surface area contributed by atoms with E-state index in [1.165, 1.54) is 13.0 Å². The number of hydrogen-bond acceptors (Lipinski definition) is 5. The van der Waals surface area contributed by atoms with Crippen LogP contribution in [0.3, 0.4) is 0 Å². The molecule has 1 amide bonds. The Morgan fingerprint density at radius 3 is 2.65 bits per heavy atom. The van der Waals surface area contributed by atoms with Gasteiger partial charge in [0.1, 0.15) is 0 Å². The molecule has 0 fully saturated rings. The van der Waals surface area contributed by atoms with E-state index in [-0.39, 0.29) is 6.79 Å². The average Bonchev–Trinajstić information content (AvgIpc) is 3.09. The monoisotopic (exact) mass is 373 g/mol. The van der Waals surface area contributed by atoms with Gasteiger partial charge < -0.3 is 19.5 Å². The lowest BCUT2D eigenvalue weighted by atomic mass is 10.2. The summed E-state index contributed by atoms with van der Waals surface area (Å²) in [7, 11) is 0. The summed E-state index contributed by atoms with van der Waals surface area (Å²) in [5.74, 6) is 0.229. The fraction of sp³-hybridized carbons (Fsp3) is 0.158. The number of ether oxygens (including phenoxy) is 3. The van der Waals surface area contributed by atoms with Crippen LogP contribution in [0.5, 0.6) is 11.5 Å². The van der Waals surface area contributed by atoms with E-state index in [0.29, 0.717) is 22.2 Å². The third-order valence-electron chi connectivity index (χ3n) is 3.58. The summed E-state index contributed by atoms with van der Waals surface area (Å²) in [6, 6.07) is 11.9. The summed E-state index contributed by atoms with van der Waals surface area (Å²) in [6.45, 7) is 1.68. The number of carbonyl (C=O) groups is 2. The van der Waals surface area contributed by atoms with Crippen LogP contribution in [-0.4, -0.2) is 24.8 Å². The Balaban J connectivity index is 1.53. The Kier molecular flexibility index (Phi) is 5.43. The second-order valence-electron chi connectivity index (χ2n) is 5.52. The van der Waals surface area contributed by atoms with E-state index in [1.807, 2.05) is 0 Å². The number of nitrogens with one attached hydrogen (secondary N) is 1. The van der Waals surface area contributed by atoms with E-state index in [4.69, 9.17) is 25.8 Å². The first-order chi connectivity index (χ1) is 12.5. The number of benzene rings is 2. The van der Waals surface area contributed by atoms with Gasteiger partial charge in [0, 0.05) is 16.8 Å². The third kappa shape index (κ3) is 4.55. The van der Waals surface area contributed by atoms with Crippen molar-refractivity contribution in [2.45, 2.75) is 13.0 Å². The molecule has 1 atom stereocenters. The first-order valence-electron chi connectivity index (χ1n) is 7.86. The number of carbonyl (C=O) groups excluding carboxylic acids is 2. The molecule has 0 radical (unpaired) electrons. The van der Waals surface area contributed by atoms with Gasteiger partial charge in [-0.1, -0.05) is 17.7 Å². The average molecular weight is 374 g/mol. The molecule has 1 N–H and O–H groups in total. The predicted octanol–water partition coefficient (Wildman–Crippen LogP) is 3.65. The standard InChI is InChI=1S/C19H16ClNO5/c1-12(19(23)21-15-6-4-14(20)5-7-15)26-18(22)9-3-13-2-8-16-17(10-13)25-11-24-16/h2-10,12H,11H2,1H3,(H,21,23). The Bertz CT molecular complexity index is 848. The molecule has 134 valence electrons. The van der Waals surface area contributed by atoms with Crippen molar-refractivity contribution in [2.24, 2.45) is 0 Å². The van der Waals surface area contributed by atoms with Gasteiger partial charge in [-0.25, -0.2) is 4.79 Å². The van der Waals surface area contributed by atoms with Crippen molar-refractivity contribution in [3.05, 3.63) is 59.1 Å². The second-order valence-corrected chi connectivity index (χ2v) is 5.96. The fourth-order valence-corrected chi connectivity index (χ4v) is 2.35. The molecule has 1 heterocycles. The van der Waals surface area contributed by atoms with Crippen LogP contribution in [-0.2, 0) is 14.3 Å². The molecule has 26 heavy (non-hydrogen) atoms. The molecule has 0 bridgehead atoms. The fourth-order valence-electron chi connectivity index (χ4n) is 2.23. The maximum Gasteiger partial charge on any atom is 0.331 e. The van der Waals surface area contributed by atoms with E-state index >= 15 is 0 Å². The topological polar surface area (TPSA) is 73.9 Å². The van der Waals surface area contributed by atoms with Gasteiger partial charge in [-0.3, -0.25) is 4.79 Å². The molecule has 0 saturated heterocycles. The normalized spacial score (nSPS) is 13.5. The Labute approximate surface area is 155 Å². The van der Waals surface area contributed by atoms with Crippen molar-refractivity contribution < 1.29 is 23.8 Å². The first-order valence-corrected chi connectivity index (χ1v) is 8.24. The number of fused-ring (bicyclic) bond motifs is 1. The SMILES string of the molecule is CC(OC(=O)C=Cc1ccc2c(c1)OCO2)C(=O)Nc1ccc(Cl)cc1. The van der Waals surface area contributed by atoms with E-state index in [1.54, 1.807) is 48.5 Å². The molecular formula is C19H16ClNO5. The van der Waals surface area contributed by atoms with Crippen molar-refractivity contribution in [1.82, 2.24) is 0 Å². The highest BCUT2D eigenvalue weighted by Gasteiger charge is 2.17. The summed E-state index contributed by atoms with van der Waals surface area (Å²) in [6.07, 6.45) is 1.89. The molecule has 0 spiro atoms. The number of amides is 1. The maximum absolute atomic E-state index is 12.1. The summed E-state index contributed by atoms with van der Waals surface area (Å²) in [5, 5.41) is 3.21. The quantitative estimate of drug-likeness (QED) is 0.639. The lowest BCUT2D eigenvalue weighted by Gasteiger charge is -2.12. The van der Waals surface area contributed by atoms with Crippen LogP contribution in [0.2, 0.25) is 5.02 Å². The van der Waals surface area contributed by atoms with Crippen LogP contribution in [0.1, 0.15) is 12.5 Å². The van der Waals surface area contributed by atoms with E-state index in [0.717, 1.165) is 5.56 Å². The minimum atomic E-state index is -0.945. The minimum Gasteiger partial charge on any atom is -0.454 e. The minimum absolute atomic E-state index is 0.185. The summed E-state index contributed by atoms with van der Waals surface area (Å²) in [5.41, 5.74) is 1.32. The molecule has 0 aromatic heterocycles. The molecule has 0 saturated carbocycles. The number of esters is 1. The van der Waals surface area contributed by atoms with Crippen LogP contribution < -0.4 is 14.8 Å².